The van der Waals surface area contributed by atoms with Gasteiger partial charge in [0.05, 0.1) is 59.5 Å². The molecule has 0 fully saturated rings. The molecule has 1 amide bonds. The van der Waals surface area contributed by atoms with Crippen LogP contribution in [0.4, 0.5) is 5.69 Å². The number of aryl methyl sites for hydroxylation is 1. The highest BCUT2D eigenvalue weighted by Crippen LogP contribution is 2.71. The van der Waals surface area contributed by atoms with Gasteiger partial charge in [0, 0.05) is 22.1 Å². The molecule has 0 aliphatic carbocycles. The Morgan fingerprint density at radius 3 is 1.82 bits per heavy atom. The lowest BCUT2D eigenvalue weighted by Gasteiger charge is -2.50. The summed E-state index contributed by atoms with van der Waals surface area (Å²) >= 11 is 2.71. The maximum Gasteiger partial charge on any atom is 0.345 e. The third-order valence-corrected chi connectivity index (χ3v) is 13.0. The van der Waals surface area contributed by atoms with Crippen LogP contribution in [0, 0.1) is 6.92 Å². The number of amides is 1. The molecule has 3 aliphatic heterocycles. The minimum atomic E-state index is -1.67. The number of methoxy groups -OCH3 is 6. The van der Waals surface area contributed by atoms with Gasteiger partial charge >= 0.3 is 23.9 Å². The molecule has 0 atom stereocenters. The second kappa shape index (κ2) is 14.6. The van der Waals surface area contributed by atoms with E-state index in [1.54, 1.807) is 35.2 Å². The molecule has 2 aromatic carbocycles. The predicted molar refractivity (Wildman–Crippen MR) is 196 cm³/mol. The molecule has 0 saturated carbocycles. The van der Waals surface area contributed by atoms with Gasteiger partial charge in [0.1, 0.15) is 18.8 Å². The fraction of sp³-hybridized carbons (Fsp3) is 0.306. The molecule has 0 bridgehead atoms. The molecule has 3 heterocycles. The fourth-order valence-corrected chi connectivity index (χ4v) is 11.1. The van der Waals surface area contributed by atoms with Crippen LogP contribution in [0.25, 0.3) is 11.6 Å². The van der Waals surface area contributed by atoms with E-state index < -0.39 is 33.5 Å². The second-order valence-corrected chi connectivity index (χ2v) is 15.4. The summed E-state index contributed by atoms with van der Waals surface area (Å²) < 4.78 is 29.6. The molecule has 0 saturated heterocycles. The summed E-state index contributed by atoms with van der Waals surface area (Å²) in [6.45, 7) is 5.49. The van der Waals surface area contributed by atoms with Crippen molar-refractivity contribution < 1.29 is 52.4 Å². The van der Waals surface area contributed by atoms with Crippen LogP contribution in [0.1, 0.15) is 30.5 Å². The van der Waals surface area contributed by atoms with E-state index in [4.69, 9.17) is 28.4 Å². The molecule has 0 aromatic heterocycles. The Morgan fingerprint density at radius 1 is 0.706 bits per heavy atom. The van der Waals surface area contributed by atoms with Gasteiger partial charge in [-0.2, -0.15) is 0 Å². The van der Waals surface area contributed by atoms with Crippen LogP contribution in [0.3, 0.4) is 0 Å². The molecule has 5 rings (SSSR count). The van der Waals surface area contributed by atoms with Gasteiger partial charge in [-0.15, -0.1) is 0 Å². The van der Waals surface area contributed by atoms with Crippen LogP contribution in [-0.2, 0) is 42.9 Å². The molecule has 0 unspecified atom stereocenters. The lowest BCUT2D eigenvalue weighted by Crippen LogP contribution is -2.53. The standard InChI is InChI=1S/C36H35NO11S3/c1-18-10-13-21-20(16-18)25-30(35(2,3)37(21)24(38)15-12-19-11-14-22(43-4)23(17-19)44-5)49-27(32(40)46-7)26(31(39)45-6)36(25)50-28(33(41)47-8)29(51-36)34(42)48-9/h10-17H,1-9H3/b15-12+. The Labute approximate surface area is 307 Å². The maximum absolute atomic E-state index is 14.4. The number of rotatable bonds is 8. The Hall–Kier alpha value is -4.60. The monoisotopic (exact) mass is 753 g/mol. The molecule has 268 valence electrons. The number of ether oxygens (including phenoxy) is 6. The summed E-state index contributed by atoms with van der Waals surface area (Å²) in [5, 5.41) is 0. The van der Waals surface area contributed by atoms with Crippen LogP contribution in [0.5, 0.6) is 11.5 Å². The predicted octanol–water partition coefficient (Wildman–Crippen LogP) is 5.64. The van der Waals surface area contributed by atoms with Crippen LogP contribution in [0.15, 0.2) is 67.7 Å². The summed E-state index contributed by atoms with van der Waals surface area (Å²) in [5.74, 6) is -2.78. The van der Waals surface area contributed by atoms with Gasteiger partial charge in [0.25, 0.3) is 5.91 Å². The Morgan fingerprint density at radius 2 is 1.27 bits per heavy atom. The molecule has 3 aliphatic rings. The van der Waals surface area contributed by atoms with Crippen molar-refractivity contribution in [3.05, 3.63) is 84.4 Å². The molecule has 1 spiro atoms. The van der Waals surface area contributed by atoms with E-state index in [-0.39, 0.29) is 26.2 Å². The SMILES string of the molecule is COC(=O)C1=C(C(=O)OC)SC2(S1)C(C(=O)OC)=C(C(=O)OC)SC1=C2c2cc(C)ccc2N(C(=O)/C=C/c2ccc(OC)c(OC)c2)C1(C)C. The van der Waals surface area contributed by atoms with E-state index in [9.17, 15) is 24.0 Å². The molecule has 0 N–H and O–H groups in total. The number of anilines is 1. The zero-order valence-corrected chi connectivity index (χ0v) is 31.7. The minimum absolute atomic E-state index is 0.123. The quantitative estimate of drug-likeness (QED) is 0.186. The van der Waals surface area contributed by atoms with E-state index in [0.717, 1.165) is 40.8 Å². The Bertz CT molecular complexity index is 1960. The number of hydrogen-bond acceptors (Lipinski definition) is 14. The highest BCUT2D eigenvalue weighted by atomic mass is 32.2. The first kappa shape index (κ1) is 37.7. The summed E-state index contributed by atoms with van der Waals surface area (Å²) in [5.41, 5.74) is 1.68. The zero-order valence-electron chi connectivity index (χ0n) is 29.3. The first-order chi connectivity index (χ1) is 24.2. The average Bonchev–Trinajstić information content (AvgIpc) is 3.52. The average molecular weight is 754 g/mol. The number of esters is 4. The van der Waals surface area contributed by atoms with E-state index >= 15 is 0 Å². The van der Waals surface area contributed by atoms with Gasteiger partial charge in [-0.3, -0.25) is 9.69 Å². The number of benzene rings is 2. The summed E-state index contributed by atoms with van der Waals surface area (Å²) in [4.78, 5) is 70.0. The van der Waals surface area contributed by atoms with Crippen molar-refractivity contribution in [2.75, 3.05) is 47.6 Å². The lowest BCUT2D eigenvalue weighted by atomic mass is 9.83. The largest absolute Gasteiger partial charge is 0.493 e. The molecule has 51 heavy (non-hydrogen) atoms. The number of carbonyl (C=O) groups excluding carboxylic acids is 5. The Kier molecular flexibility index (Phi) is 10.7. The van der Waals surface area contributed by atoms with Crippen molar-refractivity contribution in [1.29, 1.82) is 0 Å². The molecule has 15 heteroatoms. The minimum Gasteiger partial charge on any atom is -0.493 e. The number of fused-ring (bicyclic) bond motifs is 3. The van der Waals surface area contributed by atoms with E-state index in [0.29, 0.717) is 38.8 Å². The van der Waals surface area contributed by atoms with Gasteiger partial charge in [-0.25, -0.2) is 19.2 Å². The highest BCUT2D eigenvalue weighted by molar-refractivity contribution is 8.26. The number of hydrogen-bond donors (Lipinski definition) is 0. The van der Waals surface area contributed by atoms with Crippen LogP contribution >= 0.6 is 35.3 Å². The molecular formula is C36H35NO11S3. The first-order valence-corrected chi connectivity index (χ1v) is 17.7. The van der Waals surface area contributed by atoms with Crippen molar-refractivity contribution in [3.8, 4) is 11.5 Å². The van der Waals surface area contributed by atoms with E-state index in [1.165, 1.54) is 48.7 Å². The van der Waals surface area contributed by atoms with Crippen molar-refractivity contribution in [3.63, 3.8) is 0 Å². The number of thioether (sulfide) groups is 3. The normalized spacial score (nSPS) is 17.2. The van der Waals surface area contributed by atoms with Crippen molar-refractivity contribution >= 4 is 82.4 Å². The van der Waals surface area contributed by atoms with Crippen molar-refractivity contribution in [1.82, 2.24) is 0 Å². The zero-order chi connectivity index (χ0) is 37.4. The highest BCUT2D eigenvalue weighted by Gasteiger charge is 2.61. The fourth-order valence-electron chi connectivity index (χ4n) is 6.02. The molecule has 12 nitrogen and oxygen atoms in total. The van der Waals surface area contributed by atoms with Gasteiger partial charge in [-0.05, 0) is 56.7 Å². The van der Waals surface area contributed by atoms with E-state index in [2.05, 4.69) is 0 Å². The van der Waals surface area contributed by atoms with Gasteiger partial charge in [-0.1, -0.05) is 53.0 Å². The first-order valence-electron chi connectivity index (χ1n) is 15.2. The summed E-state index contributed by atoms with van der Waals surface area (Å²) in [6, 6.07) is 10.8. The third-order valence-electron chi connectivity index (χ3n) is 8.34. The van der Waals surface area contributed by atoms with Crippen molar-refractivity contribution in [2.24, 2.45) is 0 Å². The topological polar surface area (TPSA) is 144 Å². The number of nitrogens with zero attached hydrogens (tertiary/aromatic N) is 1. The maximum atomic E-state index is 14.4. The van der Waals surface area contributed by atoms with Crippen LogP contribution < -0.4 is 14.4 Å². The third kappa shape index (κ3) is 6.31. The van der Waals surface area contributed by atoms with Gasteiger partial charge in [0.15, 0.2) is 11.5 Å². The van der Waals surface area contributed by atoms with Crippen LogP contribution in [-0.4, -0.2) is 82.1 Å². The number of carbonyl (C=O) groups is 5. The van der Waals surface area contributed by atoms with E-state index in [1.807, 2.05) is 32.9 Å². The van der Waals surface area contributed by atoms with Crippen molar-refractivity contribution in [2.45, 2.75) is 30.4 Å². The summed E-state index contributed by atoms with van der Waals surface area (Å²) in [7, 11) is 7.73. The second-order valence-electron chi connectivity index (χ2n) is 11.7. The molecule has 0 radical (unpaired) electrons. The Balaban J connectivity index is 1.79. The van der Waals surface area contributed by atoms with Gasteiger partial charge in [0.2, 0.25) is 0 Å². The summed E-state index contributed by atoms with van der Waals surface area (Å²) in [6.07, 6.45) is 3.09. The lowest BCUT2D eigenvalue weighted by molar-refractivity contribution is -0.138. The van der Waals surface area contributed by atoms with Crippen LogP contribution in [0.2, 0.25) is 0 Å². The molecular weight excluding hydrogens is 719 g/mol. The molecule has 2 aromatic rings. The van der Waals surface area contributed by atoms with Gasteiger partial charge < -0.3 is 28.4 Å². The smallest absolute Gasteiger partial charge is 0.345 e.